The molecule has 0 bridgehead atoms. The number of nitrogens with one attached hydrogen (secondary N) is 1. The van der Waals surface area contributed by atoms with Crippen molar-refractivity contribution in [3.05, 3.63) is 51.1 Å². The van der Waals surface area contributed by atoms with Crippen LogP contribution in [0.1, 0.15) is 23.7 Å². The van der Waals surface area contributed by atoms with Crippen LogP contribution in [0.4, 0.5) is 5.69 Å². The van der Waals surface area contributed by atoms with Gasteiger partial charge in [0, 0.05) is 10.7 Å². The molecule has 4 nitrogen and oxygen atoms in total. The molecule has 1 aromatic carbocycles. The van der Waals surface area contributed by atoms with Crippen LogP contribution < -0.4 is 5.32 Å². The van der Waals surface area contributed by atoms with E-state index in [4.69, 9.17) is 23.2 Å². The number of amides is 1. The van der Waals surface area contributed by atoms with Crippen LogP contribution in [0.5, 0.6) is 0 Å². The summed E-state index contributed by atoms with van der Waals surface area (Å²) in [6.45, 7) is 5.47. The molecule has 1 N–H and O–H groups in total. The first-order chi connectivity index (χ1) is 11.3. The van der Waals surface area contributed by atoms with Gasteiger partial charge < -0.3 is 5.32 Å². The van der Waals surface area contributed by atoms with Crippen LogP contribution in [0.25, 0.3) is 0 Å². The van der Waals surface area contributed by atoms with Crippen molar-refractivity contribution < 1.29 is 4.79 Å². The fourth-order valence-corrected chi connectivity index (χ4v) is 3.55. The summed E-state index contributed by atoms with van der Waals surface area (Å²) in [5.41, 5.74) is 2.64. The molecule has 2 rings (SSSR count). The molecule has 0 aliphatic rings. The molecule has 1 heterocycles. The first-order valence-corrected chi connectivity index (χ1v) is 8.76. The van der Waals surface area contributed by atoms with Gasteiger partial charge in [0.2, 0.25) is 5.91 Å². The van der Waals surface area contributed by atoms with E-state index < -0.39 is 5.25 Å². The quantitative estimate of drug-likeness (QED) is 0.759. The van der Waals surface area contributed by atoms with Crippen molar-refractivity contribution in [1.82, 2.24) is 4.98 Å². The Morgan fingerprint density at radius 2 is 2.04 bits per heavy atom. The predicted octanol–water partition coefficient (Wildman–Crippen LogP) is 5.00. The van der Waals surface area contributed by atoms with Crippen LogP contribution in [0.3, 0.4) is 0 Å². The van der Waals surface area contributed by atoms with Gasteiger partial charge >= 0.3 is 0 Å². The van der Waals surface area contributed by atoms with Gasteiger partial charge in [-0.25, -0.2) is 4.98 Å². The summed E-state index contributed by atoms with van der Waals surface area (Å²) in [5, 5.41) is 13.0. The van der Waals surface area contributed by atoms with Gasteiger partial charge in [-0.1, -0.05) is 35.0 Å². The minimum absolute atomic E-state index is 0.228. The predicted molar refractivity (Wildman–Crippen MR) is 98.8 cm³/mol. The van der Waals surface area contributed by atoms with E-state index in [-0.39, 0.29) is 5.91 Å². The molecule has 0 saturated carbocycles. The second-order valence-corrected chi connectivity index (χ2v) is 7.42. The average Bonchev–Trinajstić information content (AvgIpc) is 2.49. The summed E-state index contributed by atoms with van der Waals surface area (Å²) in [6, 6.07) is 8.86. The molecule has 0 aliphatic carbocycles. The Hall–Kier alpha value is -1.74. The van der Waals surface area contributed by atoms with E-state index in [9.17, 15) is 10.1 Å². The Labute approximate surface area is 155 Å². The molecule has 7 heteroatoms. The van der Waals surface area contributed by atoms with Gasteiger partial charge in [0.15, 0.2) is 0 Å². The summed E-state index contributed by atoms with van der Waals surface area (Å²) < 4.78 is 0. The summed E-state index contributed by atoms with van der Waals surface area (Å²) in [7, 11) is 0. The number of carbonyl (C=O) groups is 1. The van der Waals surface area contributed by atoms with Gasteiger partial charge in [-0.2, -0.15) is 5.26 Å². The van der Waals surface area contributed by atoms with Crippen molar-refractivity contribution >= 4 is 46.6 Å². The molecule has 0 radical (unpaired) electrons. The minimum Gasteiger partial charge on any atom is -0.324 e. The first-order valence-electron chi connectivity index (χ1n) is 7.12. The lowest BCUT2D eigenvalue weighted by molar-refractivity contribution is -0.115. The Bertz CT molecular complexity index is 833. The smallest absolute Gasteiger partial charge is 0.237 e. The molecular formula is C17H15Cl2N3OS. The van der Waals surface area contributed by atoms with Gasteiger partial charge in [-0.3, -0.25) is 4.79 Å². The molecule has 1 amide bonds. The van der Waals surface area contributed by atoms with Crippen LogP contribution >= 0.6 is 35.0 Å². The van der Waals surface area contributed by atoms with Crippen LogP contribution in [-0.2, 0) is 4.79 Å². The number of rotatable bonds is 4. The van der Waals surface area contributed by atoms with Gasteiger partial charge in [0.25, 0.3) is 0 Å². The summed E-state index contributed by atoms with van der Waals surface area (Å²) >= 11 is 13.2. The van der Waals surface area contributed by atoms with E-state index in [2.05, 4.69) is 16.4 Å². The Kier molecular flexibility index (Phi) is 6.11. The van der Waals surface area contributed by atoms with Gasteiger partial charge in [0.1, 0.15) is 11.1 Å². The maximum Gasteiger partial charge on any atom is 0.237 e. The van der Waals surface area contributed by atoms with E-state index in [1.165, 1.54) is 11.8 Å². The van der Waals surface area contributed by atoms with Crippen molar-refractivity contribution in [2.75, 3.05) is 5.32 Å². The number of thioether (sulfide) groups is 1. The lowest BCUT2D eigenvalue weighted by Gasteiger charge is -2.14. The number of pyridine rings is 1. The zero-order valence-electron chi connectivity index (χ0n) is 13.4. The molecule has 1 atom stereocenters. The highest BCUT2D eigenvalue weighted by Gasteiger charge is 2.19. The SMILES string of the molecule is Cc1cc(C)c(C#N)c(SC(C)C(=O)Nc2ccc(Cl)cc2Cl)n1. The molecule has 2 aromatic rings. The number of benzene rings is 1. The van der Waals surface area contributed by atoms with E-state index in [1.807, 2.05) is 19.9 Å². The molecule has 1 unspecified atom stereocenters. The van der Waals surface area contributed by atoms with E-state index in [0.717, 1.165) is 11.3 Å². The van der Waals surface area contributed by atoms with Crippen molar-refractivity contribution in [2.45, 2.75) is 31.0 Å². The molecular weight excluding hydrogens is 365 g/mol. The third-order valence-electron chi connectivity index (χ3n) is 3.27. The highest BCUT2D eigenvalue weighted by Crippen LogP contribution is 2.29. The first kappa shape index (κ1) is 18.6. The minimum atomic E-state index is -0.447. The summed E-state index contributed by atoms with van der Waals surface area (Å²) in [4.78, 5) is 16.8. The fraction of sp³-hybridized carbons (Fsp3) is 0.235. The monoisotopic (exact) mass is 379 g/mol. The van der Waals surface area contributed by atoms with Crippen LogP contribution in [0.15, 0.2) is 29.3 Å². The number of nitriles is 1. The molecule has 124 valence electrons. The highest BCUT2D eigenvalue weighted by atomic mass is 35.5. The van der Waals surface area contributed by atoms with Crippen LogP contribution in [-0.4, -0.2) is 16.1 Å². The Morgan fingerprint density at radius 1 is 1.33 bits per heavy atom. The number of aryl methyl sites for hydroxylation is 2. The number of anilines is 1. The van der Waals surface area contributed by atoms with Crippen molar-refractivity contribution in [1.29, 1.82) is 5.26 Å². The highest BCUT2D eigenvalue weighted by molar-refractivity contribution is 8.00. The third-order valence-corrected chi connectivity index (χ3v) is 4.90. The number of hydrogen-bond donors (Lipinski definition) is 1. The molecule has 1 aromatic heterocycles. The summed E-state index contributed by atoms with van der Waals surface area (Å²) in [6.07, 6.45) is 0. The topological polar surface area (TPSA) is 65.8 Å². The molecule has 24 heavy (non-hydrogen) atoms. The standard InChI is InChI=1S/C17H15Cl2N3OS/c1-9-6-10(2)21-17(13(9)8-20)24-11(3)16(23)22-15-5-4-12(18)7-14(15)19/h4-7,11H,1-3H3,(H,22,23). The van der Waals surface area contributed by atoms with Gasteiger partial charge in [-0.15, -0.1) is 0 Å². The number of halogens is 2. The number of aromatic nitrogens is 1. The summed E-state index contributed by atoms with van der Waals surface area (Å²) in [5.74, 6) is -0.228. The Balaban J connectivity index is 2.16. The van der Waals surface area contributed by atoms with Gasteiger partial charge in [-0.05, 0) is 50.6 Å². The Morgan fingerprint density at radius 3 is 2.67 bits per heavy atom. The molecule has 0 fully saturated rings. The zero-order chi connectivity index (χ0) is 17.9. The number of nitrogens with zero attached hydrogens (tertiary/aromatic N) is 2. The van der Waals surface area contributed by atoms with Crippen molar-refractivity contribution in [3.8, 4) is 6.07 Å². The van der Waals surface area contributed by atoms with E-state index >= 15 is 0 Å². The van der Waals surface area contributed by atoms with E-state index in [1.54, 1.807) is 25.1 Å². The number of hydrogen-bond acceptors (Lipinski definition) is 4. The second-order valence-electron chi connectivity index (χ2n) is 5.25. The normalized spacial score (nSPS) is 11.7. The average molecular weight is 380 g/mol. The third kappa shape index (κ3) is 4.41. The zero-order valence-corrected chi connectivity index (χ0v) is 15.7. The second kappa shape index (κ2) is 7.89. The molecule has 0 spiro atoms. The van der Waals surface area contributed by atoms with Gasteiger partial charge in [0.05, 0.1) is 21.5 Å². The van der Waals surface area contributed by atoms with Crippen LogP contribution in [0, 0.1) is 25.2 Å². The maximum atomic E-state index is 12.4. The van der Waals surface area contributed by atoms with Crippen LogP contribution in [0.2, 0.25) is 10.0 Å². The maximum absolute atomic E-state index is 12.4. The van der Waals surface area contributed by atoms with Crippen molar-refractivity contribution in [2.24, 2.45) is 0 Å². The fourth-order valence-electron chi connectivity index (χ4n) is 2.07. The lowest BCUT2D eigenvalue weighted by atomic mass is 10.1. The number of carbonyl (C=O) groups excluding carboxylic acids is 1. The van der Waals surface area contributed by atoms with E-state index in [0.29, 0.717) is 26.3 Å². The largest absolute Gasteiger partial charge is 0.324 e. The molecule has 0 aliphatic heterocycles. The van der Waals surface area contributed by atoms with Crippen molar-refractivity contribution in [3.63, 3.8) is 0 Å². The molecule has 0 saturated heterocycles. The lowest BCUT2D eigenvalue weighted by Crippen LogP contribution is -2.23.